The van der Waals surface area contributed by atoms with Crippen molar-refractivity contribution in [2.45, 2.75) is 26.2 Å². The van der Waals surface area contributed by atoms with Crippen molar-refractivity contribution in [3.05, 3.63) is 30.3 Å². The second-order valence-electron chi connectivity index (χ2n) is 5.81. The van der Waals surface area contributed by atoms with Crippen molar-refractivity contribution < 1.29 is 19.4 Å². The number of carboxylic acid groups (broad SMARTS) is 1. The first-order valence-electron chi connectivity index (χ1n) is 7.77. The smallest absolute Gasteiger partial charge is 0.308 e. The molecule has 1 heterocycles. The number of carboxylic acids is 1. The summed E-state index contributed by atoms with van der Waals surface area (Å²) >= 11 is 0. The fourth-order valence-electron chi connectivity index (χ4n) is 2.68. The van der Waals surface area contributed by atoms with E-state index in [0.29, 0.717) is 32.5 Å². The molecule has 5 heteroatoms. The van der Waals surface area contributed by atoms with Gasteiger partial charge in [0.05, 0.1) is 12.5 Å². The average Bonchev–Trinajstić information content (AvgIpc) is 2.55. The average molecular weight is 305 g/mol. The highest BCUT2D eigenvalue weighted by Crippen LogP contribution is 2.20. The number of piperidine rings is 1. The maximum atomic E-state index is 12.4. The molecule has 0 unspecified atom stereocenters. The van der Waals surface area contributed by atoms with Gasteiger partial charge in [0.2, 0.25) is 5.91 Å². The van der Waals surface area contributed by atoms with Gasteiger partial charge in [-0.05, 0) is 31.4 Å². The maximum absolute atomic E-state index is 12.4. The van der Waals surface area contributed by atoms with Crippen LogP contribution >= 0.6 is 0 Å². The Morgan fingerprint density at radius 3 is 2.77 bits per heavy atom. The third-order valence-electron chi connectivity index (χ3n) is 4.07. The molecule has 5 nitrogen and oxygen atoms in total. The number of benzene rings is 1. The molecule has 1 aromatic rings. The van der Waals surface area contributed by atoms with E-state index in [1.54, 1.807) is 4.90 Å². The van der Waals surface area contributed by atoms with Crippen LogP contribution in [-0.2, 0) is 9.59 Å². The summed E-state index contributed by atoms with van der Waals surface area (Å²) < 4.78 is 5.61. The highest BCUT2D eigenvalue weighted by atomic mass is 16.5. The molecular weight excluding hydrogens is 282 g/mol. The van der Waals surface area contributed by atoms with E-state index in [1.165, 1.54) is 0 Å². The van der Waals surface area contributed by atoms with Gasteiger partial charge in [-0.2, -0.15) is 0 Å². The molecule has 1 aliphatic heterocycles. The van der Waals surface area contributed by atoms with Gasteiger partial charge in [0, 0.05) is 19.0 Å². The quantitative estimate of drug-likeness (QED) is 0.876. The highest BCUT2D eigenvalue weighted by Gasteiger charge is 2.30. The maximum Gasteiger partial charge on any atom is 0.308 e. The minimum atomic E-state index is -0.808. The number of likely N-dealkylation sites (tertiary alicyclic amines) is 1. The monoisotopic (exact) mass is 305 g/mol. The number of hydrogen-bond donors (Lipinski definition) is 1. The molecule has 1 aromatic carbocycles. The first-order chi connectivity index (χ1) is 10.6. The highest BCUT2D eigenvalue weighted by molar-refractivity contribution is 5.79. The molecule has 1 fully saturated rings. The molecule has 0 saturated carbocycles. The molecule has 0 aromatic heterocycles. The Bertz CT molecular complexity index is 503. The van der Waals surface area contributed by atoms with Crippen molar-refractivity contribution in [3.8, 4) is 5.75 Å². The Balaban J connectivity index is 1.78. The van der Waals surface area contributed by atoms with E-state index in [0.717, 1.165) is 12.2 Å². The van der Waals surface area contributed by atoms with Crippen LogP contribution in [0, 0.1) is 11.8 Å². The zero-order valence-corrected chi connectivity index (χ0v) is 12.9. The first kappa shape index (κ1) is 16.3. The number of nitrogens with zero attached hydrogens (tertiary/aromatic N) is 1. The summed E-state index contributed by atoms with van der Waals surface area (Å²) in [4.78, 5) is 25.1. The predicted molar refractivity (Wildman–Crippen MR) is 82.7 cm³/mol. The van der Waals surface area contributed by atoms with E-state index in [-0.39, 0.29) is 11.8 Å². The van der Waals surface area contributed by atoms with Crippen molar-refractivity contribution in [1.82, 2.24) is 4.90 Å². The lowest BCUT2D eigenvalue weighted by atomic mass is 9.96. The van der Waals surface area contributed by atoms with Crippen LogP contribution in [0.5, 0.6) is 5.75 Å². The molecule has 2 atom stereocenters. The summed E-state index contributed by atoms with van der Waals surface area (Å²) in [6.07, 6.45) is 2.04. The lowest BCUT2D eigenvalue weighted by Crippen LogP contribution is -2.44. The van der Waals surface area contributed by atoms with E-state index >= 15 is 0 Å². The second-order valence-corrected chi connectivity index (χ2v) is 5.81. The van der Waals surface area contributed by atoms with Crippen molar-refractivity contribution in [2.75, 3.05) is 19.7 Å². The van der Waals surface area contributed by atoms with Crippen molar-refractivity contribution in [3.63, 3.8) is 0 Å². The fourth-order valence-corrected chi connectivity index (χ4v) is 2.68. The van der Waals surface area contributed by atoms with Crippen molar-refractivity contribution in [1.29, 1.82) is 0 Å². The van der Waals surface area contributed by atoms with Gasteiger partial charge < -0.3 is 14.7 Å². The van der Waals surface area contributed by atoms with Gasteiger partial charge in [-0.25, -0.2) is 0 Å². The molecule has 0 spiro atoms. The topological polar surface area (TPSA) is 66.8 Å². The third kappa shape index (κ3) is 4.48. The van der Waals surface area contributed by atoms with Gasteiger partial charge in [0.1, 0.15) is 5.75 Å². The summed E-state index contributed by atoms with van der Waals surface area (Å²) in [6.45, 7) is 3.35. The fraction of sp³-hybridized carbons (Fsp3) is 0.529. The Morgan fingerprint density at radius 2 is 2.09 bits per heavy atom. The summed E-state index contributed by atoms with van der Waals surface area (Å²) in [5, 5.41) is 9.09. The lowest BCUT2D eigenvalue weighted by molar-refractivity contribution is -0.146. The van der Waals surface area contributed by atoms with E-state index in [9.17, 15) is 9.59 Å². The number of ether oxygens (including phenoxy) is 1. The molecular formula is C17H23NO4. The van der Waals surface area contributed by atoms with Crippen LogP contribution in [0.4, 0.5) is 0 Å². The molecule has 1 amide bonds. The summed E-state index contributed by atoms with van der Waals surface area (Å²) in [7, 11) is 0. The van der Waals surface area contributed by atoms with Crippen LogP contribution in [-0.4, -0.2) is 41.6 Å². The van der Waals surface area contributed by atoms with Gasteiger partial charge >= 0.3 is 5.97 Å². The van der Waals surface area contributed by atoms with Crippen LogP contribution in [0.1, 0.15) is 26.2 Å². The minimum absolute atomic E-state index is 0.0302. The van der Waals surface area contributed by atoms with Gasteiger partial charge in [-0.3, -0.25) is 9.59 Å². The Morgan fingerprint density at radius 1 is 1.36 bits per heavy atom. The summed E-state index contributed by atoms with van der Waals surface area (Å²) in [5.74, 6) is -0.562. The Kier molecular flexibility index (Phi) is 5.81. The van der Waals surface area contributed by atoms with Crippen LogP contribution in [0.15, 0.2) is 30.3 Å². The van der Waals surface area contributed by atoms with E-state index in [2.05, 4.69) is 0 Å². The number of aliphatic carboxylic acids is 1. The summed E-state index contributed by atoms with van der Waals surface area (Å²) in [5.41, 5.74) is 0. The largest absolute Gasteiger partial charge is 0.494 e. The van der Waals surface area contributed by atoms with Crippen LogP contribution in [0.25, 0.3) is 0 Å². The normalized spacial score (nSPS) is 19.5. The Hall–Kier alpha value is -2.04. The van der Waals surface area contributed by atoms with Gasteiger partial charge in [-0.15, -0.1) is 0 Å². The van der Waals surface area contributed by atoms with E-state index in [4.69, 9.17) is 9.84 Å². The molecule has 1 N–H and O–H groups in total. The standard InChI is InChI=1S/C17H23NO4/c1-13(9-11-22-15-7-3-2-4-8-15)16(19)18-10-5-6-14(12-18)17(20)21/h2-4,7-8,13-14H,5-6,9-12H2,1H3,(H,20,21)/t13-,14-/m0/s1. The minimum Gasteiger partial charge on any atom is -0.494 e. The number of carbonyl (C=O) groups excluding carboxylic acids is 1. The van der Waals surface area contributed by atoms with Crippen molar-refractivity contribution >= 4 is 11.9 Å². The molecule has 120 valence electrons. The molecule has 22 heavy (non-hydrogen) atoms. The molecule has 2 rings (SSSR count). The first-order valence-corrected chi connectivity index (χ1v) is 7.77. The summed E-state index contributed by atoms with van der Waals surface area (Å²) in [6, 6.07) is 9.50. The van der Waals surface area contributed by atoms with E-state index < -0.39 is 11.9 Å². The lowest BCUT2D eigenvalue weighted by Gasteiger charge is -2.32. The number of amides is 1. The number of para-hydroxylation sites is 1. The molecule has 1 aliphatic rings. The number of hydrogen-bond acceptors (Lipinski definition) is 3. The molecule has 0 bridgehead atoms. The number of rotatable bonds is 6. The van der Waals surface area contributed by atoms with Gasteiger partial charge in [-0.1, -0.05) is 25.1 Å². The number of carbonyl (C=O) groups is 2. The van der Waals surface area contributed by atoms with Crippen LogP contribution in [0.3, 0.4) is 0 Å². The van der Waals surface area contributed by atoms with Crippen LogP contribution in [0.2, 0.25) is 0 Å². The van der Waals surface area contributed by atoms with Gasteiger partial charge in [0.15, 0.2) is 0 Å². The second kappa shape index (κ2) is 7.82. The third-order valence-corrected chi connectivity index (χ3v) is 4.07. The van der Waals surface area contributed by atoms with Crippen molar-refractivity contribution in [2.24, 2.45) is 11.8 Å². The SMILES string of the molecule is C[C@@H](CCOc1ccccc1)C(=O)N1CCC[C@H](C(=O)O)C1. The molecule has 0 aliphatic carbocycles. The zero-order chi connectivity index (χ0) is 15.9. The van der Waals surface area contributed by atoms with Gasteiger partial charge in [0.25, 0.3) is 0 Å². The molecule has 0 radical (unpaired) electrons. The molecule has 1 saturated heterocycles. The van der Waals surface area contributed by atoms with Crippen LogP contribution < -0.4 is 4.74 Å². The Labute approximate surface area is 130 Å². The predicted octanol–water partition coefficient (Wildman–Crippen LogP) is 2.41. The van der Waals surface area contributed by atoms with E-state index in [1.807, 2.05) is 37.3 Å². The zero-order valence-electron chi connectivity index (χ0n) is 12.9.